The van der Waals surface area contributed by atoms with E-state index in [0.29, 0.717) is 33.7 Å². The van der Waals surface area contributed by atoms with Crippen molar-refractivity contribution in [2.75, 3.05) is 28.6 Å². The molecular weight excluding hydrogens is 520 g/mol. The van der Waals surface area contributed by atoms with Crippen LogP contribution in [0.15, 0.2) is 103 Å². The number of hydroxylamine groups is 1. The van der Waals surface area contributed by atoms with Crippen LogP contribution in [0.3, 0.4) is 0 Å². The highest BCUT2D eigenvalue weighted by atomic mass is 16.5. The van der Waals surface area contributed by atoms with Crippen molar-refractivity contribution < 1.29 is 19.6 Å². The number of hydrogen-bond acceptors (Lipinski definition) is 7. The molecule has 3 amide bonds. The third-order valence-corrected chi connectivity index (χ3v) is 6.26. The molecule has 0 unspecified atom stereocenters. The number of anilines is 3. The molecule has 0 aliphatic carbocycles. The maximum absolute atomic E-state index is 13.3. The Bertz CT molecular complexity index is 1660. The van der Waals surface area contributed by atoms with Crippen LogP contribution in [0, 0.1) is 0 Å². The largest absolute Gasteiger partial charge is 0.353 e. The summed E-state index contributed by atoms with van der Waals surface area (Å²) in [4.78, 5) is 48.4. The average Bonchev–Trinajstić information content (AvgIpc) is 3.00. The summed E-state index contributed by atoms with van der Waals surface area (Å²) in [5.41, 5.74) is 5.19. The number of rotatable bonds is 9. The summed E-state index contributed by atoms with van der Waals surface area (Å²) < 4.78 is 0. The summed E-state index contributed by atoms with van der Waals surface area (Å²) in [5.74, 6) is -1.37. The second-order valence-electron chi connectivity index (χ2n) is 9.12. The van der Waals surface area contributed by atoms with Crippen molar-refractivity contribution in [1.29, 1.82) is 0 Å². The third-order valence-electron chi connectivity index (χ3n) is 6.26. The first-order valence-corrected chi connectivity index (χ1v) is 12.7. The van der Waals surface area contributed by atoms with Crippen LogP contribution in [-0.4, -0.2) is 46.0 Å². The van der Waals surface area contributed by atoms with Crippen LogP contribution in [-0.2, 0) is 14.4 Å². The first-order valence-electron chi connectivity index (χ1n) is 12.7. The molecule has 0 saturated heterocycles. The predicted octanol–water partition coefficient (Wildman–Crippen LogP) is 4.39. The van der Waals surface area contributed by atoms with Gasteiger partial charge in [0, 0.05) is 34.9 Å². The molecule has 0 bridgehead atoms. The number of amides is 3. The number of nitrogens with one attached hydrogen (secondary N) is 3. The number of benzene rings is 3. The summed E-state index contributed by atoms with van der Waals surface area (Å²) >= 11 is 0. The highest BCUT2D eigenvalue weighted by molar-refractivity contribution is 6.04. The van der Waals surface area contributed by atoms with Gasteiger partial charge in [0.25, 0.3) is 5.91 Å². The van der Waals surface area contributed by atoms with Gasteiger partial charge in [0.15, 0.2) is 0 Å². The first kappa shape index (κ1) is 27.0. The fraction of sp³-hybridized carbons (Fsp3) is 0.0645. The molecule has 5 aromatic rings. The van der Waals surface area contributed by atoms with Crippen LogP contribution in [0.5, 0.6) is 0 Å². The second-order valence-corrected chi connectivity index (χ2v) is 9.12. The normalized spacial score (nSPS) is 11.0. The first-order chi connectivity index (χ1) is 20.0. The van der Waals surface area contributed by atoms with Gasteiger partial charge in [-0.05, 0) is 48.0 Å². The van der Waals surface area contributed by atoms with Gasteiger partial charge in [-0.2, -0.15) is 0 Å². The lowest BCUT2D eigenvalue weighted by molar-refractivity contribution is -0.124. The summed E-state index contributed by atoms with van der Waals surface area (Å²) in [6, 6.07) is 25.5. The molecule has 3 aromatic carbocycles. The smallest absolute Gasteiger partial charge is 0.267 e. The van der Waals surface area contributed by atoms with Crippen molar-refractivity contribution in [3.8, 4) is 0 Å². The minimum Gasteiger partial charge on any atom is -0.353 e. The molecule has 2 heterocycles. The standard InChI is InChI=1S/C31H26N6O4/c38-27(36-41)15-14-21-6-1-11-24(18-21)37(19-28(39)34-25-12-2-7-22-9-4-16-32-30(22)25)20-29(40)35-26-13-3-8-23-10-5-17-33-31(23)26/h1-18,41H,19-20H2,(H,34,39)(H,35,40)(H,36,38)/b15-14+. The number of carbonyl (C=O) groups excluding carboxylic acids is 3. The fourth-order valence-corrected chi connectivity index (χ4v) is 4.41. The molecule has 2 aromatic heterocycles. The maximum Gasteiger partial charge on any atom is 0.267 e. The lowest BCUT2D eigenvalue weighted by Gasteiger charge is -2.24. The van der Waals surface area contributed by atoms with Gasteiger partial charge in [0.1, 0.15) is 0 Å². The van der Waals surface area contributed by atoms with Crippen molar-refractivity contribution >= 4 is 62.7 Å². The van der Waals surface area contributed by atoms with E-state index in [1.807, 2.05) is 48.5 Å². The van der Waals surface area contributed by atoms with E-state index >= 15 is 0 Å². The van der Waals surface area contributed by atoms with E-state index in [1.165, 1.54) is 12.2 Å². The molecule has 4 N–H and O–H groups in total. The van der Waals surface area contributed by atoms with Gasteiger partial charge in [-0.25, -0.2) is 5.48 Å². The average molecular weight is 547 g/mol. The van der Waals surface area contributed by atoms with Gasteiger partial charge in [0.2, 0.25) is 11.8 Å². The minimum absolute atomic E-state index is 0.144. The van der Waals surface area contributed by atoms with Gasteiger partial charge in [-0.15, -0.1) is 0 Å². The van der Waals surface area contributed by atoms with Gasteiger partial charge in [0.05, 0.1) is 35.5 Å². The Balaban J connectivity index is 1.40. The highest BCUT2D eigenvalue weighted by Crippen LogP contribution is 2.23. The van der Waals surface area contributed by atoms with E-state index < -0.39 is 5.91 Å². The Labute approximate surface area is 235 Å². The van der Waals surface area contributed by atoms with Crippen molar-refractivity contribution in [2.24, 2.45) is 0 Å². The molecule has 41 heavy (non-hydrogen) atoms. The van der Waals surface area contributed by atoms with E-state index in [9.17, 15) is 14.4 Å². The number of para-hydroxylation sites is 2. The zero-order valence-electron chi connectivity index (χ0n) is 21.8. The van der Waals surface area contributed by atoms with Crippen molar-refractivity contribution in [2.45, 2.75) is 0 Å². The number of pyridine rings is 2. The lowest BCUT2D eigenvalue weighted by Crippen LogP contribution is -2.39. The van der Waals surface area contributed by atoms with E-state index in [0.717, 1.165) is 10.8 Å². The Hall–Kier alpha value is -5.61. The van der Waals surface area contributed by atoms with Gasteiger partial charge >= 0.3 is 0 Å². The molecule has 0 fully saturated rings. The van der Waals surface area contributed by atoms with E-state index in [1.54, 1.807) is 59.2 Å². The molecule has 10 nitrogen and oxygen atoms in total. The summed E-state index contributed by atoms with van der Waals surface area (Å²) in [7, 11) is 0. The molecule has 0 atom stereocenters. The maximum atomic E-state index is 13.3. The Morgan fingerprint density at radius 1 is 0.732 bits per heavy atom. The topological polar surface area (TPSA) is 137 Å². The summed E-state index contributed by atoms with van der Waals surface area (Å²) in [5, 5.41) is 16.4. The number of fused-ring (bicyclic) bond motifs is 2. The number of hydrogen-bond donors (Lipinski definition) is 4. The Kier molecular flexibility index (Phi) is 8.22. The lowest BCUT2D eigenvalue weighted by atomic mass is 10.1. The fourth-order valence-electron chi connectivity index (χ4n) is 4.41. The second kappa shape index (κ2) is 12.5. The SMILES string of the molecule is O=C(/C=C/c1cccc(N(CC(=O)Nc2cccc3cccnc23)CC(=O)Nc2cccc3cccnc23)c1)NO. The van der Waals surface area contributed by atoms with Crippen LogP contribution in [0.1, 0.15) is 5.56 Å². The zero-order valence-corrected chi connectivity index (χ0v) is 21.8. The molecule has 0 saturated carbocycles. The molecule has 0 aliphatic rings. The molecule has 0 spiro atoms. The highest BCUT2D eigenvalue weighted by Gasteiger charge is 2.18. The van der Waals surface area contributed by atoms with Crippen LogP contribution >= 0.6 is 0 Å². The molecule has 5 rings (SSSR count). The Morgan fingerprint density at radius 3 is 1.83 bits per heavy atom. The molecular formula is C31H26N6O4. The monoisotopic (exact) mass is 546 g/mol. The van der Waals surface area contributed by atoms with Crippen molar-refractivity contribution in [1.82, 2.24) is 15.4 Å². The molecule has 0 aliphatic heterocycles. The number of carbonyl (C=O) groups is 3. The minimum atomic E-state index is -0.682. The zero-order chi connectivity index (χ0) is 28.6. The Morgan fingerprint density at radius 2 is 1.27 bits per heavy atom. The summed E-state index contributed by atoms with van der Waals surface area (Å²) in [6.45, 7) is -0.288. The summed E-state index contributed by atoms with van der Waals surface area (Å²) in [6.07, 6.45) is 6.00. The van der Waals surface area contributed by atoms with Gasteiger partial charge in [-0.3, -0.25) is 29.6 Å². The van der Waals surface area contributed by atoms with Crippen LogP contribution in [0.25, 0.3) is 27.9 Å². The number of nitrogens with zero attached hydrogens (tertiary/aromatic N) is 3. The van der Waals surface area contributed by atoms with Crippen molar-refractivity contribution in [3.63, 3.8) is 0 Å². The van der Waals surface area contributed by atoms with E-state index in [2.05, 4.69) is 20.6 Å². The molecule has 0 radical (unpaired) electrons. The van der Waals surface area contributed by atoms with Crippen LogP contribution in [0.2, 0.25) is 0 Å². The van der Waals surface area contributed by atoms with Crippen LogP contribution < -0.4 is 21.0 Å². The predicted molar refractivity (Wildman–Crippen MR) is 158 cm³/mol. The van der Waals surface area contributed by atoms with Gasteiger partial charge in [-0.1, -0.05) is 48.5 Å². The van der Waals surface area contributed by atoms with Gasteiger partial charge < -0.3 is 15.5 Å². The quantitative estimate of drug-likeness (QED) is 0.122. The van der Waals surface area contributed by atoms with Crippen LogP contribution in [0.4, 0.5) is 17.1 Å². The van der Waals surface area contributed by atoms with E-state index in [-0.39, 0.29) is 24.9 Å². The molecule has 10 heteroatoms. The third kappa shape index (κ3) is 6.70. The molecule has 204 valence electrons. The number of aromatic nitrogens is 2. The van der Waals surface area contributed by atoms with Crippen molar-refractivity contribution in [3.05, 3.63) is 109 Å². The van der Waals surface area contributed by atoms with E-state index in [4.69, 9.17) is 5.21 Å².